The zero-order valence-electron chi connectivity index (χ0n) is 13.4. The second-order valence-corrected chi connectivity index (χ2v) is 5.93. The van der Waals surface area contributed by atoms with Gasteiger partial charge in [0.05, 0.1) is 17.3 Å². The van der Waals surface area contributed by atoms with Gasteiger partial charge in [-0.05, 0) is 36.8 Å². The maximum atomic E-state index is 14.1. The summed E-state index contributed by atoms with van der Waals surface area (Å²) in [5.41, 5.74) is 2.38. The topological polar surface area (TPSA) is 53.6 Å². The summed E-state index contributed by atoms with van der Waals surface area (Å²) in [5.74, 6) is -1.16. The molecular weight excluding hydrogens is 346 g/mol. The quantitative estimate of drug-likeness (QED) is 0.721. The van der Waals surface area contributed by atoms with Crippen molar-refractivity contribution in [1.29, 1.82) is 5.26 Å². The van der Waals surface area contributed by atoms with E-state index in [9.17, 15) is 8.78 Å². The van der Waals surface area contributed by atoms with Crippen molar-refractivity contribution < 1.29 is 8.78 Å². The molecule has 1 aromatic heterocycles. The highest BCUT2D eigenvalue weighted by atomic mass is 35.5. The van der Waals surface area contributed by atoms with Gasteiger partial charge in [-0.1, -0.05) is 23.7 Å². The number of rotatable bonds is 3. The Balaban J connectivity index is 2.10. The van der Waals surface area contributed by atoms with Gasteiger partial charge in [0.1, 0.15) is 11.5 Å². The average molecular weight is 359 g/mol. The van der Waals surface area contributed by atoms with Crippen LogP contribution in [0.25, 0.3) is 11.1 Å². The first-order valence-corrected chi connectivity index (χ1v) is 7.74. The van der Waals surface area contributed by atoms with Crippen molar-refractivity contribution in [3.05, 3.63) is 64.3 Å². The van der Waals surface area contributed by atoms with Gasteiger partial charge in [0.15, 0.2) is 11.6 Å². The number of halogens is 3. The fourth-order valence-corrected chi connectivity index (χ4v) is 2.83. The highest BCUT2D eigenvalue weighted by molar-refractivity contribution is 6.30. The lowest BCUT2D eigenvalue weighted by molar-refractivity contribution is 0.590. The highest BCUT2D eigenvalue weighted by Crippen LogP contribution is 2.35. The number of benzene rings is 2. The minimum absolute atomic E-state index is 0.0194. The van der Waals surface area contributed by atoms with Crippen molar-refractivity contribution >= 4 is 23.1 Å². The monoisotopic (exact) mass is 358 g/mol. The smallest absolute Gasteiger partial charge is 0.151 e. The van der Waals surface area contributed by atoms with Crippen molar-refractivity contribution in [1.82, 2.24) is 9.78 Å². The van der Waals surface area contributed by atoms with E-state index in [0.29, 0.717) is 22.6 Å². The molecule has 0 atom stereocenters. The third-order valence-corrected chi connectivity index (χ3v) is 3.99. The summed E-state index contributed by atoms with van der Waals surface area (Å²) in [6.45, 7) is 1.80. The summed E-state index contributed by atoms with van der Waals surface area (Å²) in [5, 5.41) is 16.0. The van der Waals surface area contributed by atoms with Gasteiger partial charge in [-0.3, -0.25) is 4.68 Å². The second-order valence-electron chi connectivity index (χ2n) is 5.49. The molecule has 0 spiro atoms. The first kappa shape index (κ1) is 16.9. The largest absolute Gasteiger partial charge is 0.335 e. The van der Waals surface area contributed by atoms with E-state index in [1.807, 2.05) is 0 Å². The molecule has 0 saturated heterocycles. The SMILES string of the molecule is Cc1nn(C)c(Nc2c(F)cc(Cl)cc2F)c1-c1ccc(C#N)cc1. The zero-order valence-corrected chi connectivity index (χ0v) is 14.2. The van der Waals surface area contributed by atoms with Crippen molar-refractivity contribution in [3.63, 3.8) is 0 Å². The van der Waals surface area contributed by atoms with Gasteiger partial charge >= 0.3 is 0 Å². The van der Waals surface area contributed by atoms with Crippen molar-refractivity contribution in [2.24, 2.45) is 7.05 Å². The number of nitriles is 1. The lowest BCUT2D eigenvalue weighted by atomic mass is 10.0. The Kier molecular flexibility index (Phi) is 4.43. The van der Waals surface area contributed by atoms with E-state index in [-0.39, 0.29) is 10.7 Å². The van der Waals surface area contributed by atoms with Gasteiger partial charge < -0.3 is 5.32 Å². The van der Waals surface area contributed by atoms with E-state index < -0.39 is 11.6 Å². The van der Waals surface area contributed by atoms with Crippen LogP contribution in [0.15, 0.2) is 36.4 Å². The predicted molar refractivity (Wildman–Crippen MR) is 92.7 cm³/mol. The Morgan fingerprint density at radius 1 is 1.16 bits per heavy atom. The number of hydrogen-bond donors (Lipinski definition) is 1. The molecule has 0 aliphatic carbocycles. The van der Waals surface area contributed by atoms with Crippen LogP contribution in [0.5, 0.6) is 0 Å². The Bertz CT molecular complexity index is 965. The van der Waals surface area contributed by atoms with Crippen LogP contribution in [-0.2, 0) is 7.05 Å². The maximum absolute atomic E-state index is 14.1. The summed E-state index contributed by atoms with van der Waals surface area (Å²) in [6, 6.07) is 11.0. The first-order valence-electron chi connectivity index (χ1n) is 7.36. The minimum Gasteiger partial charge on any atom is -0.335 e. The molecule has 0 unspecified atom stereocenters. The summed E-state index contributed by atoms with van der Waals surface area (Å²) < 4.78 is 29.7. The van der Waals surface area contributed by atoms with Gasteiger partial charge in [-0.15, -0.1) is 0 Å². The summed E-state index contributed by atoms with van der Waals surface area (Å²) in [4.78, 5) is 0. The number of hydrogen-bond acceptors (Lipinski definition) is 3. The lowest BCUT2D eigenvalue weighted by Gasteiger charge is -2.12. The molecule has 3 rings (SSSR count). The molecule has 0 fully saturated rings. The van der Waals surface area contributed by atoms with Crippen LogP contribution in [0.4, 0.5) is 20.3 Å². The van der Waals surface area contributed by atoms with Crippen molar-refractivity contribution in [2.45, 2.75) is 6.92 Å². The van der Waals surface area contributed by atoms with E-state index in [1.54, 1.807) is 38.2 Å². The summed E-state index contributed by atoms with van der Waals surface area (Å²) >= 11 is 5.66. The van der Waals surface area contributed by atoms with Crippen LogP contribution < -0.4 is 5.32 Å². The standard InChI is InChI=1S/C18H13ClF2N4/c1-10-16(12-5-3-11(9-22)4-6-12)18(25(2)24-10)23-17-14(20)7-13(19)8-15(17)21/h3-8,23H,1-2H3. The molecule has 0 amide bonds. The number of anilines is 2. The highest BCUT2D eigenvalue weighted by Gasteiger charge is 2.19. The third-order valence-electron chi connectivity index (χ3n) is 3.78. The molecule has 0 bridgehead atoms. The van der Waals surface area contributed by atoms with Crippen molar-refractivity contribution in [3.8, 4) is 17.2 Å². The predicted octanol–water partition coefficient (Wildman–Crippen LogP) is 4.94. The van der Waals surface area contributed by atoms with Crippen molar-refractivity contribution in [2.75, 3.05) is 5.32 Å². The third kappa shape index (κ3) is 3.19. The molecule has 126 valence electrons. The van der Waals surface area contributed by atoms with E-state index in [1.165, 1.54) is 4.68 Å². The number of nitrogens with zero attached hydrogens (tertiary/aromatic N) is 3. The Hall–Kier alpha value is -2.91. The van der Waals surface area contributed by atoms with Gasteiger partial charge in [-0.25, -0.2) is 8.78 Å². The summed E-state index contributed by atoms with van der Waals surface area (Å²) in [6.07, 6.45) is 0. The average Bonchev–Trinajstić information content (AvgIpc) is 2.84. The minimum atomic E-state index is -0.797. The fourth-order valence-electron chi connectivity index (χ4n) is 2.64. The van der Waals surface area contributed by atoms with Crippen LogP contribution in [0.1, 0.15) is 11.3 Å². The Labute approximate surface area is 148 Å². The molecule has 0 saturated carbocycles. The molecular formula is C18H13ClF2N4. The van der Waals surface area contributed by atoms with Gasteiger partial charge in [0, 0.05) is 17.6 Å². The molecule has 25 heavy (non-hydrogen) atoms. The molecule has 4 nitrogen and oxygen atoms in total. The van der Waals surface area contributed by atoms with Crippen LogP contribution in [0.2, 0.25) is 5.02 Å². The van der Waals surface area contributed by atoms with E-state index in [0.717, 1.165) is 17.7 Å². The molecule has 0 aliphatic heterocycles. The van der Waals surface area contributed by atoms with Crippen LogP contribution in [0.3, 0.4) is 0 Å². The first-order chi connectivity index (χ1) is 11.9. The van der Waals surface area contributed by atoms with Gasteiger partial charge in [-0.2, -0.15) is 10.4 Å². The molecule has 0 radical (unpaired) electrons. The van der Waals surface area contributed by atoms with Crippen LogP contribution >= 0.6 is 11.6 Å². The lowest BCUT2D eigenvalue weighted by Crippen LogP contribution is -2.04. The van der Waals surface area contributed by atoms with E-state index >= 15 is 0 Å². The summed E-state index contributed by atoms with van der Waals surface area (Å²) in [7, 11) is 1.67. The normalized spacial score (nSPS) is 10.6. The maximum Gasteiger partial charge on any atom is 0.151 e. The van der Waals surface area contributed by atoms with Crippen LogP contribution in [-0.4, -0.2) is 9.78 Å². The Morgan fingerprint density at radius 3 is 2.32 bits per heavy atom. The molecule has 0 aliphatic rings. The molecule has 7 heteroatoms. The molecule has 1 N–H and O–H groups in total. The number of aromatic nitrogens is 2. The zero-order chi connectivity index (χ0) is 18.1. The second kappa shape index (κ2) is 6.54. The number of nitrogens with one attached hydrogen (secondary N) is 1. The van der Waals surface area contributed by atoms with Crippen LogP contribution in [0, 0.1) is 29.9 Å². The molecule has 2 aromatic carbocycles. The Morgan fingerprint density at radius 2 is 1.76 bits per heavy atom. The van der Waals surface area contributed by atoms with Gasteiger partial charge in [0.2, 0.25) is 0 Å². The van der Waals surface area contributed by atoms with Gasteiger partial charge in [0.25, 0.3) is 0 Å². The molecule has 3 aromatic rings. The fraction of sp³-hybridized carbons (Fsp3) is 0.111. The van der Waals surface area contributed by atoms with E-state index in [2.05, 4.69) is 16.5 Å². The number of aryl methyl sites for hydroxylation is 2. The van der Waals surface area contributed by atoms with E-state index in [4.69, 9.17) is 16.9 Å². The molecule has 1 heterocycles.